The van der Waals surface area contributed by atoms with Crippen molar-refractivity contribution >= 4 is 29.1 Å². The lowest BCUT2D eigenvalue weighted by Gasteiger charge is -2.36. The molecule has 6 nitrogen and oxygen atoms in total. The number of halogens is 1. The van der Waals surface area contributed by atoms with Crippen molar-refractivity contribution < 1.29 is 14.0 Å². The predicted octanol–water partition coefficient (Wildman–Crippen LogP) is 2.01. The van der Waals surface area contributed by atoms with Crippen molar-refractivity contribution in [3.8, 4) is 0 Å². The van der Waals surface area contributed by atoms with Crippen LogP contribution < -0.4 is 10.2 Å². The highest BCUT2D eigenvalue weighted by Gasteiger charge is 2.22. The predicted molar refractivity (Wildman–Crippen MR) is 91.3 cm³/mol. The molecule has 0 bridgehead atoms. The molecule has 1 N–H and O–H groups in total. The van der Waals surface area contributed by atoms with Gasteiger partial charge in [-0.3, -0.25) is 9.59 Å². The fourth-order valence-corrected chi connectivity index (χ4v) is 2.83. The van der Waals surface area contributed by atoms with Crippen LogP contribution in [0.5, 0.6) is 0 Å². The Morgan fingerprint density at radius 3 is 2.58 bits per heavy atom. The maximum absolute atomic E-state index is 12.2. The van der Waals surface area contributed by atoms with Crippen molar-refractivity contribution in [1.82, 2.24) is 10.2 Å². The SMILES string of the molecule is O=C(NCC(=O)N1CCN(c2cccc(Cl)c2)CC1)c1ccco1. The highest BCUT2D eigenvalue weighted by Crippen LogP contribution is 2.20. The van der Waals surface area contributed by atoms with E-state index in [0.29, 0.717) is 18.1 Å². The molecule has 2 amide bonds. The zero-order valence-electron chi connectivity index (χ0n) is 13.1. The lowest BCUT2D eigenvalue weighted by molar-refractivity contribution is -0.130. The third-order valence-electron chi connectivity index (χ3n) is 3.95. The molecule has 0 saturated carbocycles. The Bertz CT molecular complexity index is 710. The van der Waals surface area contributed by atoms with E-state index in [2.05, 4.69) is 10.2 Å². The van der Waals surface area contributed by atoms with Crippen LogP contribution in [-0.4, -0.2) is 49.4 Å². The molecule has 0 aliphatic carbocycles. The second-order valence-electron chi connectivity index (χ2n) is 5.51. The first-order chi connectivity index (χ1) is 11.6. The molecule has 1 aliphatic heterocycles. The Balaban J connectivity index is 1.47. The van der Waals surface area contributed by atoms with Gasteiger partial charge in [-0.15, -0.1) is 0 Å². The van der Waals surface area contributed by atoms with Crippen LogP contribution in [0, 0.1) is 0 Å². The van der Waals surface area contributed by atoms with Crippen LogP contribution in [0.4, 0.5) is 5.69 Å². The van der Waals surface area contributed by atoms with Crippen molar-refractivity contribution in [2.75, 3.05) is 37.6 Å². The molecule has 0 atom stereocenters. The van der Waals surface area contributed by atoms with E-state index < -0.39 is 0 Å². The summed E-state index contributed by atoms with van der Waals surface area (Å²) in [5, 5.41) is 3.28. The average molecular weight is 348 g/mol. The van der Waals surface area contributed by atoms with Gasteiger partial charge >= 0.3 is 0 Å². The zero-order chi connectivity index (χ0) is 16.9. The minimum atomic E-state index is -0.383. The number of hydrogen-bond donors (Lipinski definition) is 1. The number of carbonyl (C=O) groups is 2. The molecule has 0 unspecified atom stereocenters. The van der Waals surface area contributed by atoms with Crippen molar-refractivity contribution in [3.63, 3.8) is 0 Å². The fraction of sp³-hybridized carbons (Fsp3) is 0.294. The number of nitrogens with zero attached hydrogens (tertiary/aromatic N) is 2. The average Bonchev–Trinajstić information content (AvgIpc) is 3.14. The van der Waals surface area contributed by atoms with Gasteiger partial charge in [-0.1, -0.05) is 17.7 Å². The summed E-state index contributed by atoms with van der Waals surface area (Å²) in [5.41, 5.74) is 1.06. The molecule has 24 heavy (non-hydrogen) atoms. The van der Waals surface area contributed by atoms with Crippen LogP contribution in [-0.2, 0) is 4.79 Å². The third-order valence-corrected chi connectivity index (χ3v) is 4.19. The highest BCUT2D eigenvalue weighted by molar-refractivity contribution is 6.30. The van der Waals surface area contributed by atoms with Gasteiger partial charge in [0, 0.05) is 36.9 Å². The van der Waals surface area contributed by atoms with E-state index in [-0.39, 0.29) is 24.1 Å². The second-order valence-corrected chi connectivity index (χ2v) is 5.94. The summed E-state index contributed by atoms with van der Waals surface area (Å²) in [5.74, 6) is -0.278. The van der Waals surface area contributed by atoms with Crippen molar-refractivity contribution in [2.24, 2.45) is 0 Å². The van der Waals surface area contributed by atoms with Crippen LogP contribution in [0.15, 0.2) is 47.1 Å². The topological polar surface area (TPSA) is 65.8 Å². The standard InChI is InChI=1S/C17H18ClN3O3/c18-13-3-1-4-14(11-13)20-6-8-21(9-7-20)16(22)12-19-17(23)15-5-2-10-24-15/h1-5,10-11H,6-9,12H2,(H,19,23). The van der Waals surface area contributed by atoms with Crippen LogP contribution in [0.3, 0.4) is 0 Å². The van der Waals surface area contributed by atoms with E-state index in [9.17, 15) is 9.59 Å². The molecule has 0 spiro atoms. The van der Waals surface area contributed by atoms with Crippen LogP contribution in [0.2, 0.25) is 5.02 Å². The van der Waals surface area contributed by atoms with Gasteiger partial charge in [0.2, 0.25) is 5.91 Å². The summed E-state index contributed by atoms with van der Waals surface area (Å²) in [4.78, 5) is 27.9. The zero-order valence-corrected chi connectivity index (χ0v) is 13.8. The number of nitrogens with one attached hydrogen (secondary N) is 1. The maximum atomic E-state index is 12.2. The van der Waals surface area contributed by atoms with Crippen LogP contribution in [0.25, 0.3) is 0 Å². The number of carbonyl (C=O) groups excluding carboxylic acids is 2. The molecule has 3 rings (SSSR count). The van der Waals surface area contributed by atoms with Gasteiger partial charge in [0.25, 0.3) is 5.91 Å². The summed E-state index contributed by atoms with van der Waals surface area (Å²) in [6.45, 7) is 2.66. The van der Waals surface area contributed by atoms with Crippen molar-refractivity contribution in [1.29, 1.82) is 0 Å². The quantitative estimate of drug-likeness (QED) is 0.918. The Labute approximate surface area is 145 Å². The summed E-state index contributed by atoms with van der Waals surface area (Å²) in [6.07, 6.45) is 1.42. The number of piperazine rings is 1. The van der Waals surface area contributed by atoms with Crippen LogP contribution in [0.1, 0.15) is 10.6 Å². The molecule has 1 aliphatic rings. The Hall–Kier alpha value is -2.47. The summed E-state index contributed by atoms with van der Waals surface area (Å²) >= 11 is 6.02. The number of anilines is 1. The van der Waals surface area contributed by atoms with E-state index in [1.165, 1.54) is 6.26 Å². The number of amides is 2. The first kappa shape index (κ1) is 16.4. The molecule has 1 aromatic heterocycles. The van der Waals surface area contributed by atoms with E-state index in [0.717, 1.165) is 18.8 Å². The maximum Gasteiger partial charge on any atom is 0.287 e. The second kappa shape index (κ2) is 7.40. The number of benzene rings is 1. The smallest absolute Gasteiger partial charge is 0.287 e. The third kappa shape index (κ3) is 3.89. The largest absolute Gasteiger partial charge is 0.459 e. The minimum absolute atomic E-state index is 0.0311. The van der Waals surface area contributed by atoms with Gasteiger partial charge in [0.05, 0.1) is 12.8 Å². The lowest BCUT2D eigenvalue weighted by Crippen LogP contribution is -2.51. The fourth-order valence-electron chi connectivity index (χ4n) is 2.65. The summed E-state index contributed by atoms with van der Waals surface area (Å²) in [7, 11) is 0. The molecule has 7 heteroatoms. The summed E-state index contributed by atoms with van der Waals surface area (Å²) in [6, 6.07) is 10.9. The van der Waals surface area contributed by atoms with E-state index in [1.807, 2.05) is 24.3 Å². The van der Waals surface area contributed by atoms with Gasteiger partial charge in [-0.2, -0.15) is 0 Å². The molecule has 2 aromatic rings. The number of hydrogen-bond acceptors (Lipinski definition) is 4. The Kier molecular flexibility index (Phi) is 5.05. The highest BCUT2D eigenvalue weighted by atomic mass is 35.5. The summed E-state index contributed by atoms with van der Waals surface area (Å²) < 4.78 is 4.99. The van der Waals surface area contributed by atoms with Crippen LogP contribution >= 0.6 is 11.6 Å². The van der Waals surface area contributed by atoms with E-state index >= 15 is 0 Å². The Morgan fingerprint density at radius 2 is 1.92 bits per heavy atom. The van der Waals surface area contributed by atoms with Crippen molar-refractivity contribution in [2.45, 2.75) is 0 Å². The van der Waals surface area contributed by atoms with Gasteiger partial charge < -0.3 is 19.5 Å². The molecular formula is C17H18ClN3O3. The molecule has 1 saturated heterocycles. The molecular weight excluding hydrogens is 330 g/mol. The minimum Gasteiger partial charge on any atom is -0.459 e. The van der Waals surface area contributed by atoms with Gasteiger partial charge in [-0.25, -0.2) is 0 Å². The van der Waals surface area contributed by atoms with Gasteiger partial charge in [-0.05, 0) is 30.3 Å². The van der Waals surface area contributed by atoms with E-state index in [1.54, 1.807) is 17.0 Å². The van der Waals surface area contributed by atoms with Gasteiger partial charge in [0.1, 0.15) is 0 Å². The van der Waals surface area contributed by atoms with Crippen molar-refractivity contribution in [3.05, 3.63) is 53.4 Å². The lowest BCUT2D eigenvalue weighted by atomic mass is 10.2. The molecule has 1 aromatic carbocycles. The number of furan rings is 1. The van der Waals surface area contributed by atoms with E-state index in [4.69, 9.17) is 16.0 Å². The molecule has 1 fully saturated rings. The normalized spacial score (nSPS) is 14.5. The number of rotatable bonds is 4. The molecule has 126 valence electrons. The first-order valence-corrected chi connectivity index (χ1v) is 8.11. The Morgan fingerprint density at radius 1 is 1.12 bits per heavy atom. The molecule has 0 radical (unpaired) electrons. The molecule has 2 heterocycles. The van der Waals surface area contributed by atoms with Gasteiger partial charge in [0.15, 0.2) is 5.76 Å². The monoisotopic (exact) mass is 347 g/mol. The first-order valence-electron chi connectivity index (χ1n) is 7.73.